The summed E-state index contributed by atoms with van der Waals surface area (Å²) in [6.07, 6.45) is 1.09. The number of methoxy groups -OCH3 is 1. The van der Waals surface area contributed by atoms with Gasteiger partial charge in [-0.15, -0.1) is 11.3 Å². The zero-order valence-corrected chi connectivity index (χ0v) is 14.8. The highest BCUT2D eigenvalue weighted by atomic mass is 32.1. The largest absolute Gasteiger partial charge is 0.375 e. The molecule has 0 spiro atoms. The van der Waals surface area contributed by atoms with Gasteiger partial charge in [-0.3, -0.25) is 4.99 Å². The highest BCUT2D eigenvalue weighted by Crippen LogP contribution is 2.17. The van der Waals surface area contributed by atoms with Crippen LogP contribution in [0.3, 0.4) is 0 Å². The summed E-state index contributed by atoms with van der Waals surface area (Å²) in [5.41, 5.74) is 1.16. The van der Waals surface area contributed by atoms with Gasteiger partial charge in [-0.2, -0.15) is 0 Å². The van der Waals surface area contributed by atoms with E-state index in [0.717, 1.165) is 24.5 Å². The fourth-order valence-electron chi connectivity index (χ4n) is 2.29. The van der Waals surface area contributed by atoms with E-state index in [9.17, 15) is 0 Å². The Bertz CT molecular complexity index is 610. The van der Waals surface area contributed by atoms with Gasteiger partial charge in [0.1, 0.15) is 0 Å². The molecule has 124 valence electrons. The maximum absolute atomic E-state index is 5.57. The Morgan fingerprint density at radius 1 is 1.13 bits per heavy atom. The van der Waals surface area contributed by atoms with E-state index in [0.29, 0.717) is 6.54 Å². The maximum atomic E-state index is 5.57. The Hall–Kier alpha value is -1.85. The molecule has 0 aliphatic rings. The first-order valence-electron chi connectivity index (χ1n) is 7.86. The molecule has 0 fully saturated rings. The quantitative estimate of drug-likeness (QED) is 0.604. The number of hydrogen-bond donors (Lipinski definition) is 2. The maximum Gasteiger partial charge on any atom is 0.191 e. The lowest BCUT2D eigenvalue weighted by Gasteiger charge is -2.18. The normalized spacial score (nSPS) is 12.9. The minimum absolute atomic E-state index is 0.00295. The summed E-state index contributed by atoms with van der Waals surface area (Å²) in [4.78, 5) is 7.00. The van der Waals surface area contributed by atoms with Gasteiger partial charge < -0.3 is 15.4 Å². The molecule has 1 aromatic heterocycles. The van der Waals surface area contributed by atoms with Gasteiger partial charge in [0.15, 0.2) is 5.96 Å². The summed E-state index contributed by atoms with van der Waals surface area (Å²) in [5.74, 6) is 0.787. The van der Waals surface area contributed by atoms with Crippen molar-refractivity contribution in [1.82, 2.24) is 10.6 Å². The first-order chi connectivity index (χ1) is 11.3. The monoisotopic (exact) mass is 331 g/mol. The first-order valence-corrected chi connectivity index (χ1v) is 8.68. The van der Waals surface area contributed by atoms with E-state index >= 15 is 0 Å². The molecule has 2 rings (SSSR count). The highest BCUT2D eigenvalue weighted by molar-refractivity contribution is 7.11. The molecule has 2 aromatic rings. The Morgan fingerprint density at radius 3 is 2.48 bits per heavy atom. The molecule has 1 heterocycles. The van der Waals surface area contributed by atoms with E-state index in [1.54, 1.807) is 14.2 Å². The number of hydrogen-bond acceptors (Lipinski definition) is 3. The zero-order valence-electron chi connectivity index (χ0n) is 14.0. The van der Waals surface area contributed by atoms with E-state index in [2.05, 4.69) is 46.8 Å². The summed E-state index contributed by atoms with van der Waals surface area (Å²) in [6.45, 7) is 3.64. The topological polar surface area (TPSA) is 45.7 Å². The van der Waals surface area contributed by atoms with Crippen LogP contribution in [-0.2, 0) is 17.7 Å². The van der Waals surface area contributed by atoms with Crippen LogP contribution in [0.1, 0.15) is 28.3 Å². The lowest BCUT2D eigenvalue weighted by atomic mass is 10.1. The van der Waals surface area contributed by atoms with Crippen LogP contribution in [0.4, 0.5) is 0 Å². The van der Waals surface area contributed by atoms with Gasteiger partial charge in [-0.05, 0) is 24.1 Å². The van der Waals surface area contributed by atoms with Crippen LogP contribution in [0.5, 0.6) is 0 Å². The van der Waals surface area contributed by atoms with Crippen molar-refractivity contribution < 1.29 is 4.74 Å². The standard InChI is InChI=1S/C18H25N3OS/c1-4-15-10-11-16(23-15)12-20-18(19-2)21-13-17(22-3)14-8-6-5-7-9-14/h5-11,17H,4,12-13H2,1-3H3,(H2,19,20,21). The van der Waals surface area contributed by atoms with Gasteiger partial charge in [-0.1, -0.05) is 37.3 Å². The highest BCUT2D eigenvalue weighted by Gasteiger charge is 2.10. The molecule has 1 aromatic carbocycles. The Labute approximate surface area is 142 Å². The Balaban J connectivity index is 1.84. The number of benzene rings is 1. The molecule has 0 radical (unpaired) electrons. The summed E-state index contributed by atoms with van der Waals surface area (Å²) < 4.78 is 5.57. The second-order valence-electron chi connectivity index (χ2n) is 5.16. The molecule has 0 saturated heterocycles. The van der Waals surface area contributed by atoms with Crippen molar-refractivity contribution in [2.45, 2.75) is 26.0 Å². The summed E-state index contributed by atoms with van der Waals surface area (Å²) in [5, 5.41) is 6.68. The molecule has 2 N–H and O–H groups in total. The van der Waals surface area contributed by atoms with Crippen molar-refractivity contribution in [2.75, 3.05) is 20.7 Å². The number of ether oxygens (including phenoxy) is 1. The minimum Gasteiger partial charge on any atom is -0.375 e. The van der Waals surface area contributed by atoms with E-state index < -0.39 is 0 Å². The van der Waals surface area contributed by atoms with E-state index in [1.165, 1.54) is 9.75 Å². The predicted molar refractivity (Wildman–Crippen MR) is 98.1 cm³/mol. The molecular weight excluding hydrogens is 306 g/mol. The van der Waals surface area contributed by atoms with Crippen LogP contribution in [0.25, 0.3) is 0 Å². The van der Waals surface area contributed by atoms with Gasteiger partial charge in [-0.25, -0.2) is 0 Å². The molecule has 5 heteroatoms. The molecule has 0 aliphatic heterocycles. The van der Waals surface area contributed by atoms with Crippen molar-refractivity contribution in [1.29, 1.82) is 0 Å². The number of nitrogens with one attached hydrogen (secondary N) is 2. The van der Waals surface area contributed by atoms with Crippen LogP contribution in [0, 0.1) is 0 Å². The number of thiophene rings is 1. The van der Waals surface area contributed by atoms with Crippen LogP contribution >= 0.6 is 11.3 Å². The molecule has 4 nitrogen and oxygen atoms in total. The number of rotatable bonds is 7. The minimum atomic E-state index is 0.00295. The van der Waals surface area contributed by atoms with E-state index in [4.69, 9.17) is 4.74 Å². The van der Waals surface area contributed by atoms with Crippen molar-refractivity contribution in [3.63, 3.8) is 0 Å². The summed E-state index contributed by atoms with van der Waals surface area (Å²) in [6, 6.07) is 14.6. The Morgan fingerprint density at radius 2 is 1.87 bits per heavy atom. The van der Waals surface area contributed by atoms with Crippen LogP contribution in [0.15, 0.2) is 47.5 Å². The zero-order chi connectivity index (χ0) is 16.5. The molecule has 1 unspecified atom stereocenters. The lowest BCUT2D eigenvalue weighted by molar-refractivity contribution is 0.106. The number of nitrogens with zero attached hydrogens (tertiary/aromatic N) is 1. The first kappa shape index (κ1) is 17.5. The summed E-state index contributed by atoms with van der Waals surface area (Å²) in [7, 11) is 3.51. The van der Waals surface area contributed by atoms with Gasteiger partial charge >= 0.3 is 0 Å². The molecule has 0 aliphatic carbocycles. The molecule has 1 atom stereocenters. The number of aryl methyl sites for hydroxylation is 1. The van der Waals surface area contributed by atoms with Crippen molar-refractivity contribution in [3.8, 4) is 0 Å². The predicted octanol–water partition coefficient (Wildman–Crippen LogP) is 3.36. The SMILES string of the molecule is CCc1ccc(CNC(=NC)NCC(OC)c2ccccc2)s1. The van der Waals surface area contributed by atoms with Crippen molar-refractivity contribution in [2.24, 2.45) is 4.99 Å². The fraction of sp³-hybridized carbons (Fsp3) is 0.389. The molecule has 0 saturated carbocycles. The second kappa shape index (κ2) is 9.33. The van der Waals surface area contributed by atoms with Crippen LogP contribution in [-0.4, -0.2) is 26.7 Å². The second-order valence-corrected chi connectivity index (χ2v) is 6.42. The van der Waals surface area contributed by atoms with Gasteiger partial charge in [0, 0.05) is 30.5 Å². The number of aliphatic imine (C=N–C) groups is 1. The number of guanidine groups is 1. The molecular formula is C18H25N3OS. The fourth-order valence-corrected chi connectivity index (χ4v) is 3.19. The third kappa shape index (κ3) is 5.37. The average Bonchev–Trinajstić information content (AvgIpc) is 3.07. The van der Waals surface area contributed by atoms with E-state index in [-0.39, 0.29) is 6.10 Å². The van der Waals surface area contributed by atoms with Crippen LogP contribution in [0.2, 0.25) is 0 Å². The van der Waals surface area contributed by atoms with Crippen molar-refractivity contribution >= 4 is 17.3 Å². The van der Waals surface area contributed by atoms with Gasteiger partial charge in [0.2, 0.25) is 0 Å². The molecule has 0 amide bonds. The third-order valence-corrected chi connectivity index (χ3v) is 4.86. The average molecular weight is 331 g/mol. The molecule has 23 heavy (non-hydrogen) atoms. The third-order valence-electron chi connectivity index (χ3n) is 3.63. The van der Waals surface area contributed by atoms with Crippen molar-refractivity contribution in [3.05, 3.63) is 57.8 Å². The smallest absolute Gasteiger partial charge is 0.191 e. The lowest BCUT2D eigenvalue weighted by Crippen LogP contribution is -2.39. The van der Waals surface area contributed by atoms with E-state index in [1.807, 2.05) is 29.5 Å². The van der Waals surface area contributed by atoms with Gasteiger partial charge in [0.05, 0.1) is 12.6 Å². The summed E-state index contributed by atoms with van der Waals surface area (Å²) >= 11 is 1.84. The van der Waals surface area contributed by atoms with Gasteiger partial charge in [0.25, 0.3) is 0 Å². The molecule has 0 bridgehead atoms. The Kier molecular flexibility index (Phi) is 7.10. The van der Waals surface area contributed by atoms with Crippen LogP contribution < -0.4 is 10.6 Å².